The monoisotopic (exact) mass is 234 g/mol. The highest BCUT2D eigenvalue weighted by molar-refractivity contribution is 5.76. The quantitative estimate of drug-likeness (QED) is 0.646. The smallest absolute Gasteiger partial charge is 0.252 e. The predicted molar refractivity (Wildman–Crippen MR) is 55.4 cm³/mol. The number of fused-ring (bicyclic) bond motifs is 2. The van der Waals surface area contributed by atoms with Crippen LogP contribution in [0.2, 0.25) is 0 Å². The summed E-state index contributed by atoms with van der Waals surface area (Å²) in [6.45, 7) is 0. The van der Waals surface area contributed by atoms with E-state index >= 15 is 0 Å². The van der Waals surface area contributed by atoms with Gasteiger partial charge in [0.25, 0.3) is 11.3 Å². The molecule has 0 radical (unpaired) electrons. The normalized spacial score (nSPS) is 20.5. The van der Waals surface area contributed by atoms with Gasteiger partial charge in [0, 0.05) is 30.1 Å². The molecule has 88 valence electrons. The molecule has 0 saturated heterocycles. The van der Waals surface area contributed by atoms with E-state index in [0.717, 1.165) is 25.7 Å². The minimum atomic E-state index is -0.508. The third-order valence-corrected chi connectivity index (χ3v) is 3.41. The van der Waals surface area contributed by atoms with E-state index in [1.54, 1.807) is 12.1 Å². The fourth-order valence-electron chi connectivity index (χ4n) is 2.58. The third kappa shape index (κ3) is 1.15. The van der Waals surface area contributed by atoms with Crippen LogP contribution in [0.4, 0.5) is 0 Å². The highest BCUT2D eigenvalue weighted by Gasteiger charge is 2.44. The van der Waals surface area contributed by atoms with Gasteiger partial charge in [0.15, 0.2) is 11.5 Å². The number of hydrogen-bond donors (Lipinski definition) is 0. The van der Waals surface area contributed by atoms with Gasteiger partial charge in [0.05, 0.1) is 0 Å². The van der Waals surface area contributed by atoms with Crippen LogP contribution in [0.15, 0.2) is 16.8 Å². The van der Waals surface area contributed by atoms with Gasteiger partial charge in [-0.2, -0.15) is 0 Å². The summed E-state index contributed by atoms with van der Waals surface area (Å²) in [6, 6.07) is 3.32. The summed E-state index contributed by atoms with van der Waals surface area (Å²) < 4.78 is 16.2. The van der Waals surface area contributed by atoms with Crippen LogP contribution in [0.3, 0.4) is 0 Å². The molecule has 1 aromatic heterocycles. The van der Waals surface area contributed by atoms with Crippen LogP contribution in [0, 0.1) is 5.21 Å². The van der Waals surface area contributed by atoms with Crippen molar-refractivity contribution in [2.45, 2.75) is 31.5 Å². The Morgan fingerprint density at radius 1 is 1.18 bits per heavy atom. The summed E-state index contributed by atoms with van der Waals surface area (Å²) in [5, 5.41) is 14.9. The molecule has 1 saturated carbocycles. The van der Waals surface area contributed by atoms with Crippen molar-refractivity contribution in [3.63, 3.8) is 0 Å². The lowest BCUT2D eigenvalue weighted by Gasteiger charge is -2.21. The molecule has 0 bridgehead atoms. The Balaban J connectivity index is 1.85. The van der Waals surface area contributed by atoms with Gasteiger partial charge >= 0.3 is 0 Å². The molecule has 2 aromatic rings. The lowest BCUT2D eigenvalue weighted by molar-refractivity contribution is -0.782. The summed E-state index contributed by atoms with van der Waals surface area (Å²) >= 11 is 0. The van der Waals surface area contributed by atoms with E-state index in [1.807, 2.05) is 0 Å². The molecular weight excluding hydrogens is 224 g/mol. The average molecular weight is 234 g/mol. The van der Waals surface area contributed by atoms with Crippen molar-refractivity contribution < 1.29 is 19.0 Å². The summed E-state index contributed by atoms with van der Waals surface area (Å²) in [5.74, 6) is 0.743. The zero-order chi connectivity index (χ0) is 11.5. The zero-order valence-corrected chi connectivity index (χ0v) is 9.01. The Morgan fingerprint density at radius 3 is 2.65 bits per heavy atom. The molecule has 17 heavy (non-hydrogen) atoms. The van der Waals surface area contributed by atoms with Crippen LogP contribution in [0.5, 0.6) is 11.5 Å². The molecule has 0 unspecified atom stereocenters. The van der Waals surface area contributed by atoms with E-state index in [4.69, 9.17) is 9.47 Å². The highest BCUT2D eigenvalue weighted by atomic mass is 16.8. The first-order valence-corrected chi connectivity index (χ1v) is 5.67. The van der Waals surface area contributed by atoms with Gasteiger partial charge < -0.3 is 14.7 Å². The van der Waals surface area contributed by atoms with Gasteiger partial charge in [-0.1, -0.05) is 0 Å². The van der Waals surface area contributed by atoms with E-state index in [1.165, 1.54) is 0 Å². The Labute approximate surface area is 96.2 Å². The van der Waals surface area contributed by atoms with Crippen molar-refractivity contribution in [3.05, 3.63) is 17.3 Å². The topological polar surface area (TPSA) is 71.4 Å². The Bertz CT molecular complexity index is 601. The van der Waals surface area contributed by atoms with E-state index in [9.17, 15) is 5.21 Å². The molecule has 2 heterocycles. The summed E-state index contributed by atoms with van der Waals surface area (Å²) in [4.78, 5) is 0.374. The Kier molecular flexibility index (Phi) is 1.51. The van der Waals surface area contributed by atoms with E-state index in [2.05, 4.69) is 9.79 Å². The van der Waals surface area contributed by atoms with Crippen LogP contribution in [-0.4, -0.2) is 10.9 Å². The van der Waals surface area contributed by atoms with E-state index in [-0.39, 0.29) is 0 Å². The molecular formula is C11H10N2O4. The largest absolute Gasteiger partial charge is 0.448 e. The fourth-order valence-corrected chi connectivity index (χ4v) is 2.58. The Hall–Kier alpha value is -1.98. The second-order valence-corrected chi connectivity index (χ2v) is 4.54. The molecule has 0 amide bonds. The molecule has 0 atom stereocenters. The highest BCUT2D eigenvalue weighted by Crippen LogP contribution is 2.47. The first kappa shape index (κ1) is 9.09. The maximum Gasteiger partial charge on any atom is 0.252 e. The lowest BCUT2D eigenvalue weighted by atomic mass is 10.2. The SMILES string of the molecule is [O-][n+]1onc2cc3c(cc21)OC1(CCCC1)O3. The molecule has 4 rings (SSSR count). The van der Waals surface area contributed by atoms with Crippen LogP contribution in [0.1, 0.15) is 25.7 Å². The molecule has 6 heteroatoms. The number of ether oxygens (including phenoxy) is 2. The summed E-state index contributed by atoms with van der Waals surface area (Å²) in [5.41, 5.74) is 0.847. The number of rotatable bonds is 0. The third-order valence-electron chi connectivity index (χ3n) is 3.41. The summed E-state index contributed by atoms with van der Waals surface area (Å²) in [7, 11) is 0. The van der Waals surface area contributed by atoms with Gasteiger partial charge in [-0.05, 0) is 17.7 Å². The van der Waals surface area contributed by atoms with Gasteiger partial charge in [0.2, 0.25) is 5.52 Å². The van der Waals surface area contributed by atoms with Crippen LogP contribution in [-0.2, 0) is 0 Å². The van der Waals surface area contributed by atoms with Crippen molar-refractivity contribution in [1.29, 1.82) is 0 Å². The van der Waals surface area contributed by atoms with Crippen molar-refractivity contribution in [3.8, 4) is 11.5 Å². The van der Waals surface area contributed by atoms with Crippen LogP contribution >= 0.6 is 0 Å². The van der Waals surface area contributed by atoms with Crippen molar-refractivity contribution in [1.82, 2.24) is 5.16 Å². The molecule has 1 aliphatic heterocycles. The standard InChI is InChI=1S/C11H10N2O4/c14-13-8-6-10-9(5-7(8)12-17-13)15-11(16-10)3-1-2-4-11/h5-6H,1-4H2. The predicted octanol–water partition coefficient (Wildman–Crippen LogP) is 1.50. The maximum absolute atomic E-state index is 11.3. The van der Waals surface area contributed by atoms with Gasteiger partial charge in [-0.3, -0.25) is 4.63 Å². The van der Waals surface area contributed by atoms with Crippen molar-refractivity contribution in [2.24, 2.45) is 0 Å². The second-order valence-electron chi connectivity index (χ2n) is 4.54. The molecule has 1 fully saturated rings. The van der Waals surface area contributed by atoms with Crippen LogP contribution < -0.4 is 14.4 Å². The Morgan fingerprint density at radius 2 is 1.88 bits per heavy atom. The molecule has 1 aromatic carbocycles. The molecule has 0 N–H and O–H groups in total. The molecule has 2 aliphatic rings. The van der Waals surface area contributed by atoms with Gasteiger partial charge in [-0.25, -0.2) is 0 Å². The minimum absolute atomic E-state index is 0.363. The first-order valence-electron chi connectivity index (χ1n) is 5.67. The maximum atomic E-state index is 11.3. The second kappa shape index (κ2) is 2.82. The van der Waals surface area contributed by atoms with Crippen molar-refractivity contribution >= 4 is 11.0 Å². The van der Waals surface area contributed by atoms with E-state index in [0.29, 0.717) is 27.4 Å². The first-order chi connectivity index (χ1) is 8.26. The van der Waals surface area contributed by atoms with Crippen LogP contribution in [0.25, 0.3) is 11.0 Å². The number of nitrogens with zero attached hydrogens (tertiary/aromatic N) is 2. The lowest BCUT2D eigenvalue weighted by Crippen LogP contribution is -2.34. The molecule has 1 spiro atoms. The van der Waals surface area contributed by atoms with Gasteiger partial charge in [0.1, 0.15) is 0 Å². The van der Waals surface area contributed by atoms with Gasteiger partial charge in [-0.15, -0.1) is 0 Å². The van der Waals surface area contributed by atoms with Crippen molar-refractivity contribution in [2.75, 3.05) is 0 Å². The zero-order valence-electron chi connectivity index (χ0n) is 9.01. The van der Waals surface area contributed by atoms with E-state index < -0.39 is 5.79 Å². The minimum Gasteiger partial charge on any atom is -0.448 e. The molecule has 1 aliphatic carbocycles. The average Bonchev–Trinajstić information content (AvgIpc) is 2.98. The number of aromatic nitrogens is 2. The fraction of sp³-hybridized carbons (Fsp3) is 0.455. The number of hydrogen-bond acceptors (Lipinski definition) is 5. The number of benzene rings is 1. The molecule has 6 nitrogen and oxygen atoms in total. The summed E-state index contributed by atoms with van der Waals surface area (Å²) in [6.07, 6.45) is 3.99.